The summed E-state index contributed by atoms with van der Waals surface area (Å²) < 4.78 is 9.14. The van der Waals surface area contributed by atoms with Crippen molar-refractivity contribution < 1.29 is 4.42 Å². The average Bonchev–Trinajstić information content (AvgIpc) is 3.95. The molecule has 0 N–H and O–H groups in total. The number of aromatic nitrogens is 4. The van der Waals surface area contributed by atoms with E-state index in [-0.39, 0.29) is 0 Å². The highest BCUT2D eigenvalue weighted by Gasteiger charge is 2.20. The molecule has 13 aromatic rings. The Bertz CT molecular complexity index is 3910. The third-order valence-corrected chi connectivity index (χ3v) is 12.9. The van der Waals surface area contributed by atoms with Crippen LogP contribution in [0.5, 0.6) is 0 Å². The van der Waals surface area contributed by atoms with E-state index in [4.69, 9.17) is 19.4 Å². The minimum atomic E-state index is 0.616. The van der Waals surface area contributed by atoms with Crippen LogP contribution in [-0.4, -0.2) is 19.5 Å². The van der Waals surface area contributed by atoms with E-state index in [1.807, 2.05) is 36.4 Å². The largest absolute Gasteiger partial charge is 0.455 e. The molecule has 0 aliphatic carbocycles. The first-order chi connectivity index (χ1) is 32.7. The fourth-order valence-electron chi connectivity index (χ4n) is 9.74. The maximum Gasteiger partial charge on any atom is 0.164 e. The van der Waals surface area contributed by atoms with Crippen molar-refractivity contribution >= 4 is 54.5 Å². The average molecular weight is 843 g/mol. The van der Waals surface area contributed by atoms with Gasteiger partial charge < -0.3 is 8.98 Å². The van der Waals surface area contributed by atoms with Crippen LogP contribution in [0.1, 0.15) is 0 Å². The lowest BCUT2D eigenvalue weighted by Gasteiger charge is -2.12. The Labute approximate surface area is 380 Å². The zero-order valence-corrected chi connectivity index (χ0v) is 35.6. The second kappa shape index (κ2) is 15.4. The number of rotatable bonds is 7. The number of fused-ring (bicyclic) bond motifs is 8. The van der Waals surface area contributed by atoms with E-state index in [0.29, 0.717) is 17.5 Å². The molecule has 0 atom stereocenters. The number of furan rings is 1. The van der Waals surface area contributed by atoms with E-state index in [1.54, 1.807) is 0 Å². The van der Waals surface area contributed by atoms with Crippen LogP contribution in [0.15, 0.2) is 235 Å². The highest BCUT2D eigenvalue weighted by molar-refractivity contribution is 6.22. The van der Waals surface area contributed by atoms with Gasteiger partial charge in [0.1, 0.15) is 11.2 Å². The zero-order valence-electron chi connectivity index (χ0n) is 35.6. The molecule has 66 heavy (non-hydrogen) atoms. The maximum atomic E-state index is 6.78. The molecular formula is C61H38N4O. The Balaban J connectivity index is 0.912. The first kappa shape index (κ1) is 37.6. The third-order valence-electron chi connectivity index (χ3n) is 12.9. The number of nitrogens with zero attached hydrogens (tertiary/aromatic N) is 4. The fourth-order valence-corrected chi connectivity index (χ4v) is 9.74. The van der Waals surface area contributed by atoms with E-state index in [0.717, 1.165) is 88.5 Å². The van der Waals surface area contributed by atoms with Crippen molar-refractivity contribution in [2.75, 3.05) is 0 Å². The highest BCUT2D eigenvalue weighted by atomic mass is 16.3. The summed E-state index contributed by atoms with van der Waals surface area (Å²) in [5.74, 6) is 1.87. The number of para-hydroxylation sites is 2. The predicted octanol–water partition coefficient (Wildman–Crippen LogP) is 16.0. The van der Waals surface area contributed by atoms with Gasteiger partial charge in [0.05, 0.1) is 11.0 Å². The molecule has 3 heterocycles. The first-order valence-electron chi connectivity index (χ1n) is 22.3. The molecule has 0 fully saturated rings. The van der Waals surface area contributed by atoms with E-state index in [2.05, 4.69) is 199 Å². The van der Waals surface area contributed by atoms with Crippen LogP contribution >= 0.6 is 0 Å². The first-order valence-corrected chi connectivity index (χ1v) is 22.3. The quantitative estimate of drug-likeness (QED) is 0.160. The van der Waals surface area contributed by atoms with Crippen molar-refractivity contribution in [3.05, 3.63) is 231 Å². The van der Waals surface area contributed by atoms with Gasteiger partial charge in [0, 0.05) is 49.3 Å². The second-order valence-corrected chi connectivity index (χ2v) is 16.7. The summed E-state index contributed by atoms with van der Waals surface area (Å²) in [6.07, 6.45) is 0. The zero-order chi connectivity index (χ0) is 43.6. The van der Waals surface area contributed by atoms with Crippen LogP contribution in [0, 0.1) is 0 Å². The van der Waals surface area contributed by atoms with Gasteiger partial charge >= 0.3 is 0 Å². The third kappa shape index (κ3) is 6.28. The Morgan fingerprint density at radius 1 is 0.303 bits per heavy atom. The van der Waals surface area contributed by atoms with Gasteiger partial charge in [-0.3, -0.25) is 0 Å². The van der Waals surface area contributed by atoms with Gasteiger partial charge in [-0.15, -0.1) is 0 Å². The molecule has 0 spiro atoms. The number of benzene rings is 10. The normalized spacial score (nSPS) is 11.6. The topological polar surface area (TPSA) is 56.7 Å². The van der Waals surface area contributed by atoms with Crippen molar-refractivity contribution in [1.29, 1.82) is 0 Å². The molecule has 0 amide bonds. The van der Waals surface area contributed by atoms with Gasteiger partial charge in [-0.1, -0.05) is 188 Å². The molecule has 13 rings (SSSR count). The van der Waals surface area contributed by atoms with Gasteiger partial charge in [-0.2, -0.15) is 0 Å². The standard InChI is InChI=1S/C61H38N4O/c1-3-15-39(16-4-1)44-19-13-20-45(37-44)61-63-59(42-17-5-2-6-18-42)62-60(64-61)43-31-29-41(30-32-43)52-38-53-57-47(25-14-28-56(57)66-58(53)51-24-8-7-21-48(51)52)40-33-35-46(36-34-40)65-54-26-11-9-22-49(54)50-23-10-12-27-55(50)65/h1-38H. The molecule has 5 nitrogen and oxygen atoms in total. The molecule has 0 aliphatic heterocycles. The summed E-state index contributed by atoms with van der Waals surface area (Å²) in [6, 6.07) is 81.0. The van der Waals surface area contributed by atoms with E-state index in [1.165, 1.54) is 21.8 Å². The van der Waals surface area contributed by atoms with Crippen molar-refractivity contribution in [2.24, 2.45) is 0 Å². The second-order valence-electron chi connectivity index (χ2n) is 16.7. The highest BCUT2D eigenvalue weighted by Crippen LogP contribution is 2.44. The van der Waals surface area contributed by atoms with Gasteiger partial charge in [-0.25, -0.2) is 15.0 Å². The number of hydrogen-bond donors (Lipinski definition) is 0. The van der Waals surface area contributed by atoms with Crippen LogP contribution in [0.2, 0.25) is 0 Å². The smallest absolute Gasteiger partial charge is 0.164 e. The van der Waals surface area contributed by atoms with Crippen LogP contribution in [0.4, 0.5) is 0 Å². The summed E-state index contributed by atoms with van der Waals surface area (Å²) in [5.41, 5.74) is 14.8. The molecule has 0 bridgehead atoms. The molecule has 0 aliphatic rings. The molecule has 0 radical (unpaired) electrons. The Kier molecular flexibility index (Phi) is 8.78. The van der Waals surface area contributed by atoms with Crippen LogP contribution in [-0.2, 0) is 0 Å². The number of hydrogen-bond acceptors (Lipinski definition) is 4. The molecular weight excluding hydrogens is 805 g/mol. The Hall–Kier alpha value is -8.93. The minimum Gasteiger partial charge on any atom is -0.455 e. The van der Waals surface area contributed by atoms with Gasteiger partial charge in [0.15, 0.2) is 17.5 Å². The Morgan fingerprint density at radius 3 is 1.47 bits per heavy atom. The molecule has 308 valence electrons. The summed E-state index contributed by atoms with van der Waals surface area (Å²) in [7, 11) is 0. The van der Waals surface area contributed by atoms with Gasteiger partial charge in [0.2, 0.25) is 0 Å². The Morgan fingerprint density at radius 2 is 0.788 bits per heavy atom. The maximum absolute atomic E-state index is 6.78. The molecule has 5 heteroatoms. The monoisotopic (exact) mass is 842 g/mol. The lowest BCUT2D eigenvalue weighted by atomic mass is 9.93. The summed E-state index contributed by atoms with van der Waals surface area (Å²) in [4.78, 5) is 15.2. The predicted molar refractivity (Wildman–Crippen MR) is 272 cm³/mol. The van der Waals surface area contributed by atoms with Crippen molar-refractivity contribution in [2.45, 2.75) is 0 Å². The summed E-state index contributed by atoms with van der Waals surface area (Å²) in [6.45, 7) is 0. The van der Waals surface area contributed by atoms with Crippen molar-refractivity contribution in [3.63, 3.8) is 0 Å². The fraction of sp³-hybridized carbons (Fsp3) is 0. The molecule has 0 saturated carbocycles. The van der Waals surface area contributed by atoms with E-state index < -0.39 is 0 Å². The molecule has 0 unspecified atom stereocenters. The molecule has 10 aromatic carbocycles. The van der Waals surface area contributed by atoms with Crippen molar-refractivity contribution in [1.82, 2.24) is 19.5 Å². The van der Waals surface area contributed by atoms with Crippen LogP contribution in [0.3, 0.4) is 0 Å². The lowest BCUT2D eigenvalue weighted by Crippen LogP contribution is -2.00. The van der Waals surface area contributed by atoms with E-state index in [9.17, 15) is 0 Å². The van der Waals surface area contributed by atoms with Gasteiger partial charge in [0.25, 0.3) is 0 Å². The summed E-state index contributed by atoms with van der Waals surface area (Å²) in [5, 5.41) is 6.89. The van der Waals surface area contributed by atoms with Crippen LogP contribution < -0.4 is 0 Å². The van der Waals surface area contributed by atoms with Gasteiger partial charge in [-0.05, 0) is 81.2 Å². The SMILES string of the molecule is c1ccc(-c2cccc(-c3nc(-c4ccccc4)nc(-c4ccc(-c5cc6c(oc7cccc(-c8ccc(-n9c%10ccccc%10c%10ccccc%109)cc8)c76)c6ccccc56)cc4)n3)c2)cc1. The lowest BCUT2D eigenvalue weighted by molar-refractivity contribution is 0.673. The summed E-state index contributed by atoms with van der Waals surface area (Å²) >= 11 is 0. The molecule has 0 saturated heterocycles. The van der Waals surface area contributed by atoms with Crippen LogP contribution in [0.25, 0.3) is 128 Å². The van der Waals surface area contributed by atoms with E-state index >= 15 is 0 Å². The molecule has 3 aromatic heterocycles. The van der Waals surface area contributed by atoms with Crippen molar-refractivity contribution in [3.8, 4) is 73.2 Å². The minimum absolute atomic E-state index is 0.616.